The van der Waals surface area contributed by atoms with Gasteiger partial charge in [0, 0.05) is 25.0 Å². The Labute approximate surface area is 172 Å². The molecule has 0 saturated carbocycles. The van der Waals surface area contributed by atoms with Crippen molar-refractivity contribution < 1.29 is 9.84 Å². The molecule has 1 aromatic heterocycles. The van der Waals surface area contributed by atoms with Crippen LogP contribution in [0.5, 0.6) is 5.75 Å². The first kappa shape index (κ1) is 19.8. The molecule has 0 amide bonds. The highest BCUT2D eigenvalue weighted by molar-refractivity contribution is 5.84. The Morgan fingerprint density at radius 2 is 1.90 bits per heavy atom. The lowest BCUT2D eigenvalue weighted by Crippen LogP contribution is -2.58. The van der Waals surface area contributed by atoms with Crippen molar-refractivity contribution in [3.05, 3.63) is 71.9 Å². The molecule has 1 saturated heterocycles. The number of benzene rings is 2. The van der Waals surface area contributed by atoms with Crippen LogP contribution >= 0.6 is 0 Å². The van der Waals surface area contributed by atoms with E-state index in [1.807, 2.05) is 56.6 Å². The number of likely N-dealkylation sites (tertiary alicyclic amines) is 1. The number of piperidine rings is 1. The van der Waals surface area contributed by atoms with Gasteiger partial charge in [-0.2, -0.15) is 0 Å². The molecule has 29 heavy (non-hydrogen) atoms. The molecule has 0 unspecified atom stereocenters. The number of pyridine rings is 1. The number of aliphatic hydroxyl groups is 1. The van der Waals surface area contributed by atoms with Crippen molar-refractivity contribution in [3.63, 3.8) is 0 Å². The van der Waals surface area contributed by atoms with E-state index in [1.165, 1.54) is 0 Å². The molecule has 1 N–H and O–H groups in total. The van der Waals surface area contributed by atoms with Crippen molar-refractivity contribution >= 4 is 10.9 Å². The second-order valence-electron chi connectivity index (χ2n) is 8.09. The number of rotatable bonds is 5. The molecule has 0 aliphatic carbocycles. The van der Waals surface area contributed by atoms with Gasteiger partial charge < -0.3 is 14.7 Å². The summed E-state index contributed by atoms with van der Waals surface area (Å²) in [6, 6.07) is 20.2. The van der Waals surface area contributed by atoms with Crippen LogP contribution in [0.4, 0.5) is 0 Å². The van der Waals surface area contributed by atoms with Gasteiger partial charge in [-0.3, -0.25) is 4.90 Å². The molecule has 152 valence electrons. The van der Waals surface area contributed by atoms with Gasteiger partial charge in [0.1, 0.15) is 16.9 Å². The van der Waals surface area contributed by atoms with E-state index in [-0.39, 0.29) is 6.04 Å². The van der Waals surface area contributed by atoms with E-state index in [0.717, 1.165) is 47.5 Å². The first-order chi connectivity index (χ1) is 14.0. The number of aromatic nitrogens is 1. The van der Waals surface area contributed by atoms with Gasteiger partial charge in [-0.15, -0.1) is 0 Å². The molecule has 5 heteroatoms. The minimum atomic E-state index is -0.846. The monoisotopic (exact) mass is 391 g/mol. The van der Waals surface area contributed by atoms with E-state index in [4.69, 9.17) is 9.72 Å². The van der Waals surface area contributed by atoms with Crippen molar-refractivity contribution in [2.24, 2.45) is 0 Å². The Morgan fingerprint density at radius 1 is 1.10 bits per heavy atom. The molecule has 2 heterocycles. The van der Waals surface area contributed by atoms with E-state index < -0.39 is 5.60 Å². The van der Waals surface area contributed by atoms with Crippen LogP contribution in [0.25, 0.3) is 10.9 Å². The van der Waals surface area contributed by atoms with Gasteiger partial charge in [0.15, 0.2) is 0 Å². The molecule has 2 aromatic carbocycles. The largest absolute Gasteiger partial charge is 0.494 e. The average molecular weight is 392 g/mol. The van der Waals surface area contributed by atoms with E-state index >= 15 is 0 Å². The molecule has 1 aliphatic rings. The number of ether oxygens (including phenoxy) is 1. The highest BCUT2D eigenvalue weighted by Gasteiger charge is 2.43. The lowest BCUT2D eigenvalue weighted by atomic mass is 9.80. The van der Waals surface area contributed by atoms with Crippen LogP contribution in [0.1, 0.15) is 17.7 Å². The van der Waals surface area contributed by atoms with Crippen molar-refractivity contribution in [1.29, 1.82) is 0 Å². The molecular weight excluding hydrogens is 362 g/mol. The Bertz CT molecular complexity index is 976. The third kappa shape index (κ3) is 3.86. The maximum Gasteiger partial charge on any atom is 0.145 e. The van der Waals surface area contributed by atoms with Crippen LogP contribution in [-0.4, -0.2) is 60.2 Å². The minimum absolute atomic E-state index is 0.00800. The Balaban J connectivity index is 1.56. The summed E-state index contributed by atoms with van der Waals surface area (Å²) in [5.41, 5.74) is 2.06. The molecule has 2 atom stereocenters. The Hall–Kier alpha value is -2.47. The van der Waals surface area contributed by atoms with Crippen molar-refractivity contribution in [2.75, 3.05) is 34.3 Å². The fraction of sp³-hybridized carbons (Fsp3) is 0.375. The fourth-order valence-electron chi connectivity index (χ4n) is 4.42. The van der Waals surface area contributed by atoms with Crippen molar-refractivity contribution in [1.82, 2.24) is 14.8 Å². The van der Waals surface area contributed by atoms with Crippen LogP contribution in [-0.2, 0) is 12.1 Å². The maximum atomic E-state index is 11.6. The normalized spacial score (nSPS) is 22.9. The van der Waals surface area contributed by atoms with Gasteiger partial charge in [-0.1, -0.05) is 48.5 Å². The molecule has 4 rings (SSSR count). The van der Waals surface area contributed by atoms with E-state index in [9.17, 15) is 5.11 Å². The molecule has 0 spiro atoms. The van der Waals surface area contributed by atoms with Gasteiger partial charge in [-0.05, 0) is 38.2 Å². The van der Waals surface area contributed by atoms with Crippen LogP contribution in [0.2, 0.25) is 0 Å². The number of fused-ring (bicyclic) bond motifs is 1. The van der Waals surface area contributed by atoms with Crippen molar-refractivity contribution in [3.8, 4) is 5.75 Å². The number of nitrogens with zero attached hydrogens (tertiary/aromatic N) is 3. The molecular formula is C24H29N3O2. The topological polar surface area (TPSA) is 48.8 Å². The number of likely N-dealkylation sites (N-methyl/N-ethyl adjacent to an activating group) is 1. The summed E-state index contributed by atoms with van der Waals surface area (Å²) < 4.78 is 5.48. The number of para-hydroxylation sites is 1. The molecule has 1 aliphatic heterocycles. The molecule has 5 nitrogen and oxygen atoms in total. The molecule has 0 radical (unpaired) electrons. The maximum absolute atomic E-state index is 11.6. The summed E-state index contributed by atoms with van der Waals surface area (Å²) in [5.74, 6) is 0.799. The minimum Gasteiger partial charge on any atom is -0.494 e. The van der Waals surface area contributed by atoms with Gasteiger partial charge in [-0.25, -0.2) is 4.98 Å². The summed E-state index contributed by atoms with van der Waals surface area (Å²) in [6.07, 6.45) is 0.691. The number of hydrogen-bond donors (Lipinski definition) is 1. The highest BCUT2D eigenvalue weighted by Crippen LogP contribution is 2.35. The quantitative estimate of drug-likeness (QED) is 0.723. The van der Waals surface area contributed by atoms with Crippen molar-refractivity contribution in [2.45, 2.75) is 24.6 Å². The summed E-state index contributed by atoms with van der Waals surface area (Å²) in [7, 11) is 5.77. The zero-order valence-corrected chi connectivity index (χ0v) is 17.4. The van der Waals surface area contributed by atoms with Crippen LogP contribution in [0.3, 0.4) is 0 Å². The molecule has 0 bridgehead atoms. The van der Waals surface area contributed by atoms with Crippen LogP contribution in [0.15, 0.2) is 60.7 Å². The Kier molecular flexibility index (Phi) is 5.54. The van der Waals surface area contributed by atoms with Gasteiger partial charge >= 0.3 is 0 Å². The predicted octanol–water partition coefficient (Wildman–Crippen LogP) is 3.27. The summed E-state index contributed by atoms with van der Waals surface area (Å²) in [5, 5.41) is 12.6. The lowest BCUT2D eigenvalue weighted by molar-refractivity contribution is -0.0894. The number of methoxy groups -OCH3 is 1. The standard InChI is InChI=1S/C24H29N3O2/c1-26(2)22-17-27(15-14-24(22,28)19-9-5-4-6-10-19)16-20-13-12-18-8-7-11-21(29-3)23(18)25-20/h4-13,22,28H,14-17H2,1-3H3/t22-,24+/m1/s1. The average Bonchev–Trinajstić information content (AvgIpc) is 2.75. The van der Waals surface area contributed by atoms with E-state index in [2.05, 4.69) is 28.0 Å². The predicted molar refractivity (Wildman–Crippen MR) is 116 cm³/mol. The zero-order chi connectivity index (χ0) is 20.4. The lowest BCUT2D eigenvalue weighted by Gasteiger charge is -2.47. The second-order valence-corrected chi connectivity index (χ2v) is 8.09. The van der Waals surface area contributed by atoms with Gasteiger partial charge in [0.25, 0.3) is 0 Å². The first-order valence-corrected chi connectivity index (χ1v) is 10.1. The van der Waals surface area contributed by atoms with Crippen LogP contribution in [0, 0.1) is 0 Å². The number of hydrogen-bond acceptors (Lipinski definition) is 5. The highest BCUT2D eigenvalue weighted by atomic mass is 16.5. The summed E-state index contributed by atoms with van der Waals surface area (Å²) in [4.78, 5) is 9.38. The van der Waals surface area contributed by atoms with Crippen LogP contribution < -0.4 is 4.74 Å². The fourth-order valence-corrected chi connectivity index (χ4v) is 4.42. The SMILES string of the molecule is COc1cccc2ccc(CN3CC[C@](O)(c4ccccc4)[C@H](N(C)C)C3)nc12. The zero-order valence-electron chi connectivity index (χ0n) is 17.4. The van der Waals surface area contributed by atoms with Gasteiger partial charge in [0.2, 0.25) is 0 Å². The summed E-state index contributed by atoms with van der Waals surface area (Å²) >= 11 is 0. The molecule has 1 fully saturated rings. The Morgan fingerprint density at radius 3 is 2.62 bits per heavy atom. The summed E-state index contributed by atoms with van der Waals surface area (Å²) in [6.45, 7) is 2.36. The van der Waals surface area contributed by atoms with E-state index in [1.54, 1.807) is 7.11 Å². The van der Waals surface area contributed by atoms with Gasteiger partial charge in [0.05, 0.1) is 18.8 Å². The third-order valence-corrected chi connectivity index (χ3v) is 6.04. The van der Waals surface area contributed by atoms with E-state index in [0.29, 0.717) is 6.42 Å². The smallest absolute Gasteiger partial charge is 0.145 e. The second kappa shape index (κ2) is 8.11. The molecule has 3 aromatic rings. The first-order valence-electron chi connectivity index (χ1n) is 10.1. The third-order valence-electron chi connectivity index (χ3n) is 6.04.